The van der Waals surface area contributed by atoms with E-state index in [1.54, 1.807) is 27.7 Å². The summed E-state index contributed by atoms with van der Waals surface area (Å²) in [7, 11) is 0. The number of nitrogens with two attached hydrogens (primary N) is 1. The fourth-order valence-electron chi connectivity index (χ4n) is 3.26. The highest BCUT2D eigenvalue weighted by molar-refractivity contribution is 5.94. The van der Waals surface area contributed by atoms with Crippen molar-refractivity contribution < 1.29 is 24.3 Å². The normalized spacial score (nSPS) is 14.7. The lowest BCUT2D eigenvalue weighted by Crippen LogP contribution is -2.59. The molecule has 0 aromatic carbocycles. The molecule has 0 saturated heterocycles. The van der Waals surface area contributed by atoms with E-state index in [2.05, 4.69) is 35.9 Å². The van der Waals surface area contributed by atoms with E-state index in [9.17, 15) is 24.3 Å². The Morgan fingerprint density at radius 3 is 1.77 bits per heavy atom. The highest BCUT2D eigenvalue weighted by Crippen LogP contribution is 2.08. The molecule has 13 heteroatoms. The fraction of sp³-hybridized carbons (Fsp3) is 0.545. The van der Waals surface area contributed by atoms with Gasteiger partial charge in [-0.15, -0.1) is 0 Å². The molecule has 192 valence electrons. The van der Waals surface area contributed by atoms with Gasteiger partial charge in [0.05, 0.1) is 18.7 Å². The number of hydrogen-bond donors (Lipinski definition) is 7. The molecule has 0 spiro atoms. The van der Waals surface area contributed by atoms with Gasteiger partial charge >= 0.3 is 5.97 Å². The highest BCUT2D eigenvalue weighted by Gasteiger charge is 2.32. The van der Waals surface area contributed by atoms with Gasteiger partial charge in [0.15, 0.2) is 0 Å². The van der Waals surface area contributed by atoms with Crippen LogP contribution in [0.1, 0.15) is 39.1 Å². The second-order valence-electron chi connectivity index (χ2n) is 9.02. The monoisotopic (exact) mass is 490 g/mol. The molecule has 2 heterocycles. The van der Waals surface area contributed by atoms with Gasteiger partial charge in [0.2, 0.25) is 17.7 Å². The van der Waals surface area contributed by atoms with Crippen molar-refractivity contribution in [3.63, 3.8) is 0 Å². The maximum atomic E-state index is 13.1. The number of carboxylic acid groups (broad SMARTS) is 1. The Morgan fingerprint density at radius 1 is 0.829 bits per heavy atom. The zero-order valence-electron chi connectivity index (χ0n) is 20.2. The van der Waals surface area contributed by atoms with Crippen molar-refractivity contribution in [2.45, 2.75) is 64.7 Å². The van der Waals surface area contributed by atoms with Crippen molar-refractivity contribution in [1.29, 1.82) is 0 Å². The summed E-state index contributed by atoms with van der Waals surface area (Å²) in [5, 5.41) is 17.4. The van der Waals surface area contributed by atoms with Crippen molar-refractivity contribution in [1.82, 2.24) is 35.9 Å². The standard InChI is InChI=1S/C22H34N8O5/c1-11(2)17(23)20(32)30-18(12(3)4)21(33)28-15(5-13-7-24-9-26-13)19(31)29-16(22(34)35)6-14-8-25-10-27-14/h7-12,15-18H,5-6,23H2,1-4H3,(H,24,26)(H,25,27)(H,28,33)(H,29,31)(H,30,32)(H,34,35). The summed E-state index contributed by atoms with van der Waals surface area (Å²) in [6, 6.07) is -4.14. The van der Waals surface area contributed by atoms with Crippen molar-refractivity contribution >= 4 is 23.7 Å². The molecular weight excluding hydrogens is 456 g/mol. The number of carbonyl (C=O) groups is 4. The highest BCUT2D eigenvalue weighted by atomic mass is 16.4. The number of aromatic amines is 2. The van der Waals surface area contributed by atoms with Crippen LogP contribution in [0.3, 0.4) is 0 Å². The molecule has 13 nitrogen and oxygen atoms in total. The molecule has 3 amide bonds. The predicted molar refractivity (Wildman–Crippen MR) is 126 cm³/mol. The second-order valence-corrected chi connectivity index (χ2v) is 9.02. The van der Waals surface area contributed by atoms with Crippen LogP contribution in [0.15, 0.2) is 25.0 Å². The zero-order chi connectivity index (χ0) is 26.1. The maximum Gasteiger partial charge on any atom is 0.326 e. The van der Waals surface area contributed by atoms with E-state index in [-0.39, 0.29) is 24.7 Å². The number of imidazole rings is 2. The van der Waals surface area contributed by atoms with Crippen LogP contribution in [0.25, 0.3) is 0 Å². The van der Waals surface area contributed by atoms with E-state index in [1.165, 1.54) is 25.0 Å². The number of rotatable bonds is 13. The second kappa shape index (κ2) is 12.6. The Balaban J connectivity index is 2.18. The molecule has 0 aliphatic rings. The first-order valence-electron chi connectivity index (χ1n) is 11.3. The van der Waals surface area contributed by atoms with Crippen LogP contribution in [0.5, 0.6) is 0 Å². The fourth-order valence-corrected chi connectivity index (χ4v) is 3.26. The smallest absolute Gasteiger partial charge is 0.326 e. The van der Waals surface area contributed by atoms with Crippen LogP contribution in [0.2, 0.25) is 0 Å². The molecule has 0 radical (unpaired) electrons. The first-order valence-corrected chi connectivity index (χ1v) is 11.3. The molecule has 0 aliphatic heterocycles. The lowest BCUT2D eigenvalue weighted by atomic mass is 9.99. The summed E-state index contributed by atoms with van der Waals surface area (Å²) in [5.41, 5.74) is 6.98. The van der Waals surface area contributed by atoms with E-state index in [4.69, 9.17) is 5.73 Å². The minimum Gasteiger partial charge on any atom is -0.480 e. The van der Waals surface area contributed by atoms with Gasteiger partial charge in [0.1, 0.15) is 18.1 Å². The van der Waals surface area contributed by atoms with Crippen LogP contribution < -0.4 is 21.7 Å². The van der Waals surface area contributed by atoms with Gasteiger partial charge < -0.3 is 36.8 Å². The van der Waals surface area contributed by atoms with Gasteiger partial charge in [-0.25, -0.2) is 14.8 Å². The van der Waals surface area contributed by atoms with Gasteiger partial charge in [0, 0.05) is 36.6 Å². The number of carboxylic acids is 1. The van der Waals surface area contributed by atoms with Crippen molar-refractivity contribution in [3.05, 3.63) is 36.4 Å². The van der Waals surface area contributed by atoms with E-state index in [0.717, 1.165) is 0 Å². The van der Waals surface area contributed by atoms with Crippen molar-refractivity contribution in [2.24, 2.45) is 17.6 Å². The molecule has 2 rings (SSSR count). The SMILES string of the molecule is CC(C)C(N)C(=O)NC(C(=O)NC(Cc1cnc[nH]1)C(=O)NC(Cc1cnc[nH]1)C(=O)O)C(C)C. The molecule has 0 bridgehead atoms. The molecular formula is C22H34N8O5. The predicted octanol–water partition coefficient (Wildman–Crippen LogP) is -0.904. The zero-order valence-corrected chi connectivity index (χ0v) is 20.2. The van der Waals surface area contributed by atoms with Crippen LogP contribution >= 0.6 is 0 Å². The molecule has 0 fully saturated rings. The molecule has 0 aliphatic carbocycles. The van der Waals surface area contributed by atoms with E-state index >= 15 is 0 Å². The quantitative estimate of drug-likeness (QED) is 0.187. The minimum absolute atomic E-state index is 0.0242. The van der Waals surface area contributed by atoms with Gasteiger partial charge in [0.25, 0.3) is 0 Å². The molecule has 35 heavy (non-hydrogen) atoms. The lowest BCUT2D eigenvalue weighted by molar-refractivity contribution is -0.142. The molecule has 8 N–H and O–H groups in total. The molecule has 2 aromatic rings. The van der Waals surface area contributed by atoms with E-state index in [1.807, 2.05) is 0 Å². The van der Waals surface area contributed by atoms with Gasteiger partial charge in [-0.1, -0.05) is 27.7 Å². The summed E-state index contributed by atoms with van der Waals surface area (Å²) >= 11 is 0. The number of carbonyl (C=O) groups excluding carboxylic acids is 3. The topological polar surface area (TPSA) is 208 Å². The van der Waals surface area contributed by atoms with Gasteiger partial charge in [-0.2, -0.15) is 0 Å². The summed E-state index contributed by atoms with van der Waals surface area (Å²) < 4.78 is 0. The number of nitrogens with one attached hydrogen (secondary N) is 5. The molecule has 0 saturated carbocycles. The van der Waals surface area contributed by atoms with Crippen LogP contribution in [0.4, 0.5) is 0 Å². The van der Waals surface area contributed by atoms with Crippen LogP contribution in [-0.4, -0.2) is 72.9 Å². The summed E-state index contributed by atoms with van der Waals surface area (Å²) in [6.07, 6.45) is 5.79. The maximum absolute atomic E-state index is 13.1. The number of H-pyrrole nitrogens is 2. The Labute approximate surface area is 203 Å². The Hall–Kier alpha value is -3.74. The number of aromatic nitrogens is 4. The summed E-state index contributed by atoms with van der Waals surface area (Å²) in [4.78, 5) is 63.9. The minimum atomic E-state index is -1.26. The Morgan fingerprint density at radius 2 is 1.34 bits per heavy atom. The average molecular weight is 491 g/mol. The third-order valence-electron chi connectivity index (χ3n) is 5.47. The van der Waals surface area contributed by atoms with E-state index in [0.29, 0.717) is 11.4 Å². The van der Waals surface area contributed by atoms with Crippen LogP contribution in [0, 0.1) is 11.8 Å². The van der Waals surface area contributed by atoms with Crippen molar-refractivity contribution in [3.8, 4) is 0 Å². The van der Waals surface area contributed by atoms with Crippen LogP contribution in [-0.2, 0) is 32.0 Å². The summed E-state index contributed by atoms with van der Waals surface area (Å²) in [5.74, 6) is -3.45. The van der Waals surface area contributed by atoms with Gasteiger partial charge in [-0.05, 0) is 11.8 Å². The van der Waals surface area contributed by atoms with Crippen molar-refractivity contribution in [2.75, 3.05) is 0 Å². The molecule has 4 atom stereocenters. The Bertz CT molecular complexity index is 974. The largest absolute Gasteiger partial charge is 0.480 e. The van der Waals surface area contributed by atoms with E-state index < -0.39 is 47.9 Å². The number of amides is 3. The first kappa shape index (κ1) is 27.5. The number of hydrogen-bond acceptors (Lipinski definition) is 7. The number of aliphatic carboxylic acids is 1. The Kier molecular flexibility index (Phi) is 9.94. The van der Waals surface area contributed by atoms with Gasteiger partial charge in [-0.3, -0.25) is 14.4 Å². The first-order chi connectivity index (χ1) is 16.5. The third-order valence-corrected chi connectivity index (χ3v) is 5.47. The number of nitrogens with zero attached hydrogens (tertiary/aromatic N) is 2. The third kappa shape index (κ3) is 8.21. The lowest BCUT2D eigenvalue weighted by Gasteiger charge is -2.27. The summed E-state index contributed by atoms with van der Waals surface area (Å²) in [6.45, 7) is 7.09. The molecule has 2 aromatic heterocycles. The average Bonchev–Trinajstić information content (AvgIpc) is 3.49. The molecule has 4 unspecified atom stereocenters.